The molecule has 23 heavy (non-hydrogen) atoms. The van der Waals surface area contributed by atoms with Crippen LogP contribution in [0, 0.1) is 28.6 Å². The first-order chi connectivity index (χ1) is 11.0. The van der Waals surface area contributed by atoms with Gasteiger partial charge in [-0.2, -0.15) is 0 Å². The fourth-order valence-electron chi connectivity index (χ4n) is 7.18. The molecule has 0 aromatic carbocycles. The number of carbonyl (C=O) groups is 3. The number of hydrogen-bond acceptors (Lipinski definition) is 4. The second kappa shape index (κ2) is 4.14. The van der Waals surface area contributed by atoms with Crippen LogP contribution in [0.4, 0.5) is 0 Å². The molecule has 0 amide bonds. The Morgan fingerprint density at radius 1 is 1.04 bits per heavy atom. The summed E-state index contributed by atoms with van der Waals surface area (Å²) in [5.74, 6) is 1.81. The van der Waals surface area contributed by atoms with Gasteiger partial charge in [0, 0.05) is 18.3 Å². The molecule has 5 fully saturated rings. The first-order valence-corrected chi connectivity index (χ1v) is 9.19. The Balaban J connectivity index is 1.56. The summed E-state index contributed by atoms with van der Waals surface area (Å²) in [5.41, 5.74) is -1.12. The molecule has 0 bridgehead atoms. The molecule has 124 valence electrons. The minimum atomic E-state index is -0.485. The van der Waals surface area contributed by atoms with Gasteiger partial charge in [-0.05, 0) is 56.3 Å². The van der Waals surface area contributed by atoms with Crippen LogP contribution in [0.3, 0.4) is 0 Å². The lowest BCUT2D eigenvalue weighted by atomic mass is 9.45. The third-order valence-electron chi connectivity index (χ3n) is 8.43. The van der Waals surface area contributed by atoms with E-state index in [-0.39, 0.29) is 17.3 Å². The zero-order valence-electron chi connectivity index (χ0n) is 13.7. The van der Waals surface area contributed by atoms with Crippen LogP contribution in [0.5, 0.6) is 0 Å². The van der Waals surface area contributed by atoms with Crippen molar-refractivity contribution in [2.24, 2.45) is 28.6 Å². The SMILES string of the molecule is C[C@]12CC[C@H]3[C@@H](CCC45OC4C(=O)CC[C@]35C=O)[C@@H]1CCC2=O. The zero-order chi connectivity index (χ0) is 16.0. The average molecular weight is 316 g/mol. The second-order valence-electron chi connectivity index (χ2n) is 8.85. The molecule has 5 rings (SSSR count). The standard InChI is InChI=1S/C19H24O4/c1-17-7-5-13-11(12(17)2-3-15(17)22)4-9-19-16(23-19)14(21)6-8-18(13,19)10-20/h10-13,16H,2-9H2,1H3/t11-,12-,13-,16?,17-,18-,19?/m0/s1. The van der Waals surface area contributed by atoms with Gasteiger partial charge in [-0.15, -0.1) is 0 Å². The molecule has 2 unspecified atom stereocenters. The summed E-state index contributed by atoms with van der Waals surface area (Å²) in [6, 6.07) is 0. The Kier molecular flexibility index (Phi) is 2.58. The molecule has 1 aliphatic heterocycles. The van der Waals surface area contributed by atoms with E-state index in [0.717, 1.165) is 38.4 Å². The Hall–Kier alpha value is -1.03. The van der Waals surface area contributed by atoms with Crippen molar-refractivity contribution in [1.82, 2.24) is 0 Å². The summed E-state index contributed by atoms with van der Waals surface area (Å²) in [4.78, 5) is 36.8. The van der Waals surface area contributed by atoms with Gasteiger partial charge in [-0.3, -0.25) is 9.59 Å². The van der Waals surface area contributed by atoms with Crippen LogP contribution in [-0.2, 0) is 19.1 Å². The van der Waals surface area contributed by atoms with Gasteiger partial charge in [0.05, 0.1) is 5.41 Å². The van der Waals surface area contributed by atoms with Crippen molar-refractivity contribution in [3.05, 3.63) is 0 Å². The second-order valence-corrected chi connectivity index (χ2v) is 8.85. The molecule has 7 atom stereocenters. The van der Waals surface area contributed by atoms with E-state index in [4.69, 9.17) is 4.74 Å². The third-order valence-corrected chi connectivity index (χ3v) is 8.43. The zero-order valence-corrected chi connectivity index (χ0v) is 13.7. The number of rotatable bonds is 1. The monoisotopic (exact) mass is 316 g/mol. The van der Waals surface area contributed by atoms with Gasteiger partial charge in [-0.1, -0.05) is 6.92 Å². The average Bonchev–Trinajstić information content (AvgIpc) is 3.22. The van der Waals surface area contributed by atoms with Gasteiger partial charge in [0.2, 0.25) is 0 Å². The molecule has 0 N–H and O–H groups in total. The number of ether oxygens (including phenoxy) is 1. The predicted octanol–water partition coefficient (Wildman–Crippen LogP) is 2.48. The Bertz CT molecular complexity index is 627. The van der Waals surface area contributed by atoms with E-state index in [0.29, 0.717) is 42.8 Å². The van der Waals surface area contributed by atoms with Crippen molar-refractivity contribution in [3.63, 3.8) is 0 Å². The molecule has 0 radical (unpaired) electrons. The number of hydrogen-bond donors (Lipinski definition) is 0. The summed E-state index contributed by atoms with van der Waals surface area (Å²) in [6.45, 7) is 2.15. The first kappa shape index (κ1) is 14.3. The number of aldehydes is 1. The molecule has 1 spiro atoms. The highest BCUT2D eigenvalue weighted by Crippen LogP contribution is 2.71. The van der Waals surface area contributed by atoms with Gasteiger partial charge in [0.1, 0.15) is 23.8 Å². The molecule has 4 saturated carbocycles. The van der Waals surface area contributed by atoms with E-state index in [9.17, 15) is 14.4 Å². The summed E-state index contributed by atoms with van der Waals surface area (Å²) in [6.07, 6.45) is 7.34. The maximum Gasteiger partial charge on any atom is 0.164 e. The lowest BCUT2D eigenvalue weighted by Gasteiger charge is -2.57. The van der Waals surface area contributed by atoms with Gasteiger partial charge in [-0.25, -0.2) is 0 Å². The maximum atomic E-state index is 12.4. The van der Waals surface area contributed by atoms with Crippen molar-refractivity contribution >= 4 is 17.9 Å². The number of epoxide rings is 1. The molecule has 5 aliphatic rings. The van der Waals surface area contributed by atoms with Crippen molar-refractivity contribution in [1.29, 1.82) is 0 Å². The summed E-state index contributed by atoms with van der Waals surface area (Å²) in [7, 11) is 0. The summed E-state index contributed by atoms with van der Waals surface area (Å²) < 4.78 is 5.93. The van der Waals surface area contributed by atoms with E-state index in [1.807, 2.05) is 0 Å². The minimum absolute atomic E-state index is 0.163. The topological polar surface area (TPSA) is 63.7 Å². The molecule has 4 aliphatic carbocycles. The Labute approximate surface area is 136 Å². The number of fused-ring (bicyclic) bond motifs is 4. The van der Waals surface area contributed by atoms with Gasteiger partial charge < -0.3 is 9.53 Å². The predicted molar refractivity (Wildman–Crippen MR) is 81.6 cm³/mol. The molecular formula is C19H24O4. The third kappa shape index (κ3) is 1.42. The van der Waals surface area contributed by atoms with Crippen molar-refractivity contribution < 1.29 is 19.1 Å². The maximum absolute atomic E-state index is 12.4. The number of Topliss-reactive ketones (excluding diaryl/α,β-unsaturated/α-hetero) is 2. The lowest BCUT2D eigenvalue weighted by Crippen LogP contribution is -2.60. The molecule has 4 nitrogen and oxygen atoms in total. The molecule has 1 heterocycles. The van der Waals surface area contributed by atoms with Crippen molar-refractivity contribution in [2.45, 2.75) is 70.0 Å². The van der Waals surface area contributed by atoms with Crippen LogP contribution in [0.1, 0.15) is 58.3 Å². The summed E-state index contributed by atoms with van der Waals surface area (Å²) in [5, 5.41) is 0. The van der Waals surface area contributed by atoms with E-state index in [1.54, 1.807) is 0 Å². The normalized spacial score (nSPS) is 57.1. The van der Waals surface area contributed by atoms with Gasteiger partial charge >= 0.3 is 0 Å². The first-order valence-electron chi connectivity index (χ1n) is 9.19. The minimum Gasteiger partial charge on any atom is -0.357 e. The molecule has 1 saturated heterocycles. The van der Waals surface area contributed by atoms with Crippen LogP contribution in [0.25, 0.3) is 0 Å². The van der Waals surface area contributed by atoms with E-state index >= 15 is 0 Å². The highest BCUT2D eigenvalue weighted by molar-refractivity contribution is 5.91. The highest BCUT2D eigenvalue weighted by atomic mass is 16.6. The fraction of sp³-hybridized carbons (Fsp3) is 0.842. The van der Waals surface area contributed by atoms with Crippen molar-refractivity contribution in [3.8, 4) is 0 Å². The highest BCUT2D eigenvalue weighted by Gasteiger charge is 2.78. The van der Waals surface area contributed by atoms with Crippen LogP contribution in [-0.4, -0.2) is 29.6 Å². The molecule has 0 aromatic rings. The van der Waals surface area contributed by atoms with Gasteiger partial charge in [0.25, 0.3) is 0 Å². The number of carbonyl (C=O) groups excluding carboxylic acids is 3. The van der Waals surface area contributed by atoms with Crippen LogP contribution in [0.2, 0.25) is 0 Å². The molecule has 4 heteroatoms. The summed E-state index contributed by atoms with van der Waals surface area (Å²) >= 11 is 0. The lowest BCUT2D eigenvalue weighted by molar-refractivity contribution is -0.150. The van der Waals surface area contributed by atoms with Gasteiger partial charge in [0.15, 0.2) is 5.78 Å². The van der Waals surface area contributed by atoms with Crippen LogP contribution in [0.15, 0.2) is 0 Å². The van der Waals surface area contributed by atoms with E-state index in [2.05, 4.69) is 6.92 Å². The van der Waals surface area contributed by atoms with Crippen LogP contribution < -0.4 is 0 Å². The fourth-order valence-corrected chi connectivity index (χ4v) is 7.18. The van der Waals surface area contributed by atoms with Crippen LogP contribution >= 0.6 is 0 Å². The van der Waals surface area contributed by atoms with E-state index < -0.39 is 11.0 Å². The quantitative estimate of drug-likeness (QED) is 0.551. The van der Waals surface area contributed by atoms with E-state index in [1.165, 1.54) is 0 Å². The molecular weight excluding hydrogens is 292 g/mol. The Morgan fingerprint density at radius 2 is 1.87 bits per heavy atom. The number of ketones is 2. The largest absolute Gasteiger partial charge is 0.357 e. The molecule has 0 aromatic heterocycles. The Morgan fingerprint density at radius 3 is 2.65 bits per heavy atom. The van der Waals surface area contributed by atoms with Crippen molar-refractivity contribution in [2.75, 3.05) is 0 Å². The smallest absolute Gasteiger partial charge is 0.164 e.